The van der Waals surface area contributed by atoms with Gasteiger partial charge in [-0.2, -0.15) is 0 Å². The number of benzene rings is 1. The Kier molecular flexibility index (Phi) is 4.08. The van der Waals surface area contributed by atoms with Crippen molar-refractivity contribution in [1.82, 2.24) is 0 Å². The highest BCUT2D eigenvalue weighted by Gasteiger charge is 2.22. The molecular weight excluding hydrogens is 167 g/mol. The van der Waals surface area contributed by atoms with Gasteiger partial charge >= 0.3 is 7.12 Å². The van der Waals surface area contributed by atoms with E-state index in [2.05, 4.69) is 11.5 Å². The molecule has 0 heterocycles. The molecule has 0 radical (unpaired) electrons. The van der Waals surface area contributed by atoms with Crippen LogP contribution in [0.5, 0.6) is 0 Å². The van der Waals surface area contributed by atoms with Crippen LogP contribution in [0.4, 0.5) is 0 Å². The zero-order chi connectivity index (χ0) is 9.52. The maximum atomic E-state index is 5.09. The Hall–Kier alpha value is -1.26. The first-order valence-corrected chi connectivity index (χ1v) is 3.89. The number of hydrogen-bond donors (Lipinski definition) is 0. The van der Waals surface area contributed by atoms with Crippen molar-refractivity contribution >= 4 is 12.6 Å². The minimum Gasteiger partial charge on any atom is -0.537 e. The SMILES string of the molecule is C=COB(OOC)c1ccccc1. The van der Waals surface area contributed by atoms with Gasteiger partial charge in [-0.1, -0.05) is 36.9 Å². The van der Waals surface area contributed by atoms with Gasteiger partial charge in [0, 0.05) is 0 Å². The molecule has 1 aromatic carbocycles. The van der Waals surface area contributed by atoms with E-state index in [0.717, 1.165) is 5.46 Å². The standard InChI is InChI=1S/C9H11BO3/c1-3-12-10(13-11-2)9-7-5-4-6-8-9/h3-8H,1H2,2H3. The van der Waals surface area contributed by atoms with Gasteiger partial charge in [-0.25, -0.2) is 4.81 Å². The molecule has 0 saturated heterocycles. The first kappa shape index (κ1) is 9.83. The quantitative estimate of drug-likeness (QED) is 0.292. The van der Waals surface area contributed by atoms with E-state index >= 15 is 0 Å². The van der Waals surface area contributed by atoms with Crippen molar-refractivity contribution in [3.8, 4) is 0 Å². The Bertz CT molecular complexity index is 250. The maximum absolute atomic E-state index is 5.09. The summed E-state index contributed by atoms with van der Waals surface area (Å²) in [6.45, 7) is 3.45. The van der Waals surface area contributed by atoms with Crippen molar-refractivity contribution in [2.45, 2.75) is 0 Å². The molecule has 13 heavy (non-hydrogen) atoms. The van der Waals surface area contributed by atoms with Gasteiger partial charge in [-0.05, 0) is 5.46 Å². The predicted molar refractivity (Wildman–Crippen MR) is 51.2 cm³/mol. The third-order valence-electron chi connectivity index (χ3n) is 1.48. The van der Waals surface area contributed by atoms with E-state index in [1.165, 1.54) is 13.4 Å². The van der Waals surface area contributed by atoms with Crippen molar-refractivity contribution in [1.29, 1.82) is 0 Å². The fourth-order valence-corrected chi connectivity index (χ4v) is 0.942. The second-order valence-corrected chi connectivity index (χ2v) is 2.31. The molecule has 0 aliphatic carbocycles. The lowest BCUT2D eigenvalue weighted by Crippen LogP contribution is -2.34. The lowest BCUT2D eigenvalue weighted by atomic mass is 9.80. The topological polar surface area (TPSA) is 27.7 Å². The Labute approximate surface area is 78.0 Å². The number of rotatable bonds is 5. The summed E-state index contributed by atoms with van der Waals surface area (Å²) < 4.78 is 5.09. The molecule has 0 atom stereocenters. The zero-order valence-corrected chi connectivity index (χ0v) is 7.47. The van der Waals surface area contributed by atoms with Crippen LogP contribution < -0.4 is 5.46 Å². The van der Waals surface area contributed by atoms with Crippen molar-refractivity contribution in [3.05, 3.63) is 43.2 Å². The molecule has 0 amide bonds. The average Bonchev–Trinajstić information content (AvgIpc) is 2.19. The van der Waals surface area contributed by atoms with Crippen molar-refractivity contribution in [3.63, 3.8) is 0 Å². The predicted octanol–water partition coefficient (Wildman–Crippen LogP) is 1.12. The second kappa shape index (κ2) is 5.40. The Balaban J connectivity index is 2.69. The molecule has 0 saturated carbocycles. The van der Waals surface area contributed by atoms with Gasteiger partial charge in [0.25, 0.3) is 0 Å². The van der Waals surface area contributed by atoms with Crippen LogP contribution in [0, 0.1) is 0 Å². The van der Waals surface area contributed by atoms with E-state index in [0.29, 0.717) is 0 Å². The second-order valence-electron chi connectivity index (χ2n) is 2.31. The van der Waals surface area contributed by atoms with Gasteiger partial charge in [0.1, 0.15) is 0 Å². The molecule has 3 nitrogen and oxygen atoms in total. The summed E-state index contributed by atoms with van der Waals surface area (Å²) in [5, 5.41) is 0. The van der Waals surface area contributed by atoms with Crippen LogP contribution in [-0.4, -0.2) is 14.2 Å². The van der Waals surface area contributed by atoms with E-state index in [-0.39, 0.29) is 0 Å². The van der Waals surface area contributed by atoms with E-state index in [9.17, 15) is 0 Å². The molecule has 0 bridgehead atoms. The molecular formula is C9H11BO3. The number of hydrogen-bond acceptors (Lipinski definition) is 3. The summed E-state index contributed by atoms with van der Waals surface area (Å²) in [6, 6.07) is 9.48. The summed E-state index contributed by atoms with van der Waals surface area (Å²) in [7, 11) is 0.881. The highest BCUT2D eigenvalue weighted by Crippen LogP contribution is 1.93. The zero-order valence-electron chi connectivity index (χ0n) is 7.47. The Morgan fingerprint density at radius 2 is 2.00 bits per heavy atom. The third-order valence-corrected chi connectivity index (χ3v) is 1.48. The van der Waals surface area contributed by atoms with E-state index in [1.54, 1.807) is 0 Å². The monoisotopic (exact) mass is 178 g/mol. The van der Waals surface area contributed by atoms with Gasteiger partial charge in [0.15, 0.2) is 0 Å². The minimum atomic E-state index is -0.552. The summed E-state index contributed by atoms with van der Waals surface area (Å²) >= 11 is 0. The summed E-state index contributed by atoms with van der Waals surface area (Å²) in [4.78, 5) is 9.41. The summed E-state index contributed by atoms with van der Waals surface area (Å²) in [6.07, 6.45) is 1.32. The van der Waals surface area contributed by atoms with Crippen molar-refractivity contribution in [2.24, 2.45) is 0 Å². The molecule has 0 unspecified atom stereocenters. The lowest BCUT2D eigenvalue weighted by Gasteiger charge is -2.09. The van der Waals surface area contributed by atoms with Gasteiger partial charge in [0.05, 0.1) is 13.4 Å². The smallest absolute Gasteiger partial charge is 0.537 e. The maximum Gasteiger partial charge on any atom is 0.591 e. The molecule has 1 rings (SSSR count). The first-order valence-electron chi connectivity index (χ1n) is 3.89. The molecule has 0 fully saturated rings. The van der Waals surface area contributed by atoms with Crippen LogP contribution in [0.3, 0.4) is 0 Å². The van der Waals surface area contributed by atoms with E-state index < -0.39 is 7.12 Å². The minimum absolute atomic E-state index is 0.552. The van der Waals surface area contributed by atoms with Crippen molar-refractivity contribution in [2.75, 3.05) is 7.11 Å². The highest BCUT2D eigenvalue weighted by atomic mass is 17.2. The van der Waals surface area contributed by atoms with Gasteiger partial charge < -0.3 is 4.65 Å². The van der Waals surface area contributed by atoms with Crippen LogP contribution in [0.2, 0.25) is 0 Å². The fourth-order valence-electron chi connectivity index (χ4n) is 0.942. The molecule has 0 N–H and O–H groups in total. The third kappa shape index (κ3) is 2.93. The largest absolute Gasteiger partial charge is 0.591 e. The van der Waals surface area contributed by atoms with Gasteiger partial charge in [0.2, 0.25) is 0 Å². The van der Waals surface area contributed by atoms with Gasteiger partial charge in [-0.3, -0.25) is 4.89 Å². The van der Waals surface area contributed by atoms with Gasteiger partial charge in [-0.15, -0.1) is 0 Å². The average molecular weight is 178 g/mol. The summed E-state index contributed by atoms with van der Waals surface area (Å²) in [5.41, 5.74) is 0.879. The molecule has 68 valence electrons. The summed E-state index contributed by atoms with van der Waals surface area (Å²) in [5.74, 6) is 0. The van der Waals surface area contributed by atoms with Crippen molar-refractivity contribution < 1.29 is 14.3 Å². The molecule has 0 aromatic heterocycles. The lowest BCUT2D eigenvalue weighted by molar-refractivity contribution is -0.193. The van der Waals surface area contributed by atoms with Crippen LogP contribution in [0.1, 0.15) is 0 Å². The first-order chi connectivity index (χ1) is 6.38. The van der Waals surface area contributed by atoms with E-state index in [4.69, 9.17) is 9.46 Å². The van der Waals surface area contributed by atoms with E-state index in [1.807, 2.05) is 30.3 Å². The molecule has 0 spiro atoms. The molecule has 4 heteroatoms. The molecule has 0 aliphatic heterocycles. The Morgan fingerprint density at radius 1 is 1.31 bits per heavy atom. The fraction of sp³-hybridized carbons (Fsp3) is 0.111. The normalized spacial score (nSPS) is 9.31. The highest BCUT2D eigenvalue weighted by molar-refractivity contribution is 6.61. The van der Waals surface area contributed by atoms with Crippen LogP contribution in [-0.2, 0) is 14.3 Å². The molecule has 1 aromatic rings. The van der Waals surface area contributed by atoms with Crippen LogP contribution in [0.25, 0.3) is 0 Å². The molecule has 0 aliphatic rings. The van der Waals surface area contributed by atoms with Crippen LogP contribution in [0.15, 0.2) is 43.2 Å². The van der Waals surface area contributed by atoms with Crippen LogP contribution >= 0.6 is 0 Å². The Morgan fingerprint density at radius 3 is 2.54 bits per heavy atom.